The van der Waals surface area contributed by atoms with E-state index in [1.54, 1.807) is 20.8 Å². The van der Waals surface area contributed by atoms with E-state index in [-0.39, 0.29) is 24.3 Å². The van der Waals surface area contributed by atoms with Crippen LogP contribution in [0, 0.1) is 9.12 Å². The maximum atomic E-state index is 13.7. The second-order valence-electron chi connectivity index (χ2n) is 12.5. The molecule has 3 N–H and O–H groups in total. The van der Waals surface area contributed by atoms with Crippen LogP contribution in [-0.4, -0.2) is 63.8 Å². The van der Waals surface area contributed by atoms with Gasteiger partial charge in [0.2, 0.25) is 0 Å². The molecule has 4 heterocycles. The number of aromatic nitrogens is 2. The first kappa shape index (κ1) is 29.8. The minimum Gasteiger partial charge on any atom is -0.464 e. The van der Waals surface area contributed by atoms with Crippen molar-refractivity contribution >= 4 is 62.8 Å². The number of hydrazine groups is 1. The molecule has 1 saturated heterocycles. The minimum absolute atomic E-state index is 0.180. The number of alkyl carbamates (subject to hydrolysis) is 1. The van der Waals surface area contributed by atoms with Gasteiger partial charge in [0, 0.05) is 40.2 Å². The highest BCUT2D eigenvalue weighted by Gasteiger charge is 2.35. The van der Waals surface area contributed by atoms with Gasteiger partial charge in [0.25, 0.3) is 5.91 Å². The Morgan fingerprint density at radius 2 is 2.07 bits per heavy atom. The SMILES string of the molecule is CC1(C)COC(=O)[C@@H]2CCCN(N2)C(=O)[C@@H](NC(=O)OC(C)(C)C)Cc2nc(cs2)-c2ccc3[nH]c(I)c(c3c2)C1. The molecule has 5 rings (SSSR count). The molecule has 3 aromatic rings. The predicted octanol–water partition coefficient (Wildman–Crippen LogP) is 4.95. The summed E-state index contributed by atoms with van der Waals surface area (Å²) in [7, 11) is 0. The number of ether oxygens (including phenoxy) is 2. The summed E-state index contributed by atoms with van der Waals surface area (Å²) in [5.74, 6) is -0.756. The molecule has 2 aliphatic heterocycles. The normalized spacial score (nSPS) is 21.8. The molecule has 1 aromatic carbocycles. The average Bonchev–Trinajstić information content (AvgIpc) is 3.48. The number of fused-ring (bicyclic) bond motifs is 6. The number of nitrogens with one attached hydrogen (secondary N) is 3. The first-order valence-corrected chi connectivity index (χ1v) is 15.7. The van der Waals surface area contributed by atoms with Crippen LogP contribution in [0.2, 0.25) is 0 Å². The third kappa shape index (κ3) is 7.03. The third-order valence-corrected chi connectivity index (χ3v) is 8.86. The molecule has 0 radical (unpaired) electrons. The van der Waals surface area contributed by atoms with Crippen LogP contribution in [-0.2, 0) is 31.9 Å². The zero-order valence-electron chi connectivity index (χ0n) is 23.9. The molecule has 0 unspecified atom stereocenters. The van der Waals surface area contributed by atoms with Crippen molar-refractivity contribution in [1.82, 2.24) is 25.7 Å². The summed E-state index contributed by atoms with van der Waals surface area (Å²) in [5.41, 5.74) is 5.98. The number of hydrogen-bond donors (Lipinski definition) is 3. The maximum absolute atomic E-state index is 13.7. The van der Waals surface area contributed by atoms with Gasteiger partial charge in [-0.2, -0.15) is 0 Å². The second kappa shape index (κ2) is 11.5. The van der Waals surface area contributed by atoms with E-state index in [4.69, 9.17) is 14.5 Å². The lowest BCUT2D eigenvalue weighted by Crippen LogP contribution is -2.60. The number of thiazole rings is 1. The molecular formula is C29H36IN5O5S. The van der Waals surface area contributed by atoms with E-state index in [9.17, 15) is 14.4 Å². The van der Waals surface area contributed by atoms with Crippen LogP contribution in [0.25, 0.3) is 22.2 Å². The monoisotopic (exact) mass is 693 g/mol. The lowest BCUT2D eigenvalue weighted by molar-refractivity contribution is -0.155. The summed E-state index contributed by atoms with van der Waals surface area (Å²) < 4.78 is 12.3. The number of rotatable bonds is 1. The van der Waals surface area contributed by atoms with Crippen LogP contribution >= 0.6 is 33.9 Å². The van der Waals surface area contributed by atoms with Gasteiger partial charge in [-0.05, 0) is 80.3 Å². The number of halogens is 1. The van der Waals surface area contributed by atoms with Crippen molar-refractivity contribution < 1.29 is 23.9 Å². The highest BCUT2D eigenvalue weighted by atomic mass is 127. The Bertz CT molecular complexity index is 1480. The fourth-order valence-corrected chi connectivity index (χ4v) is 6.73. The molecular weight excluding hydrogens is 657 g/mol. The Hall–Kier alpha value is -2.71. The Morgan fingerprint density at radius 3 is 2.83 bits per heavy atom. The van der Waals surface area contributed by atoms with E-state index >= 15 is 0 Å². The van der Waals surface area contributed by atoms with Crippen LogP contribution in [0.3, 0.4) is 0 Å². The first-order chi connectivity index (χ1) is 19.3. The number of benzene rings is 1. The lowest BCUT2D eigenvalue weighted by Gasteiger charge is -2.35. The number of carbonyl (C=O) groups excluding carboxylic acids is 3. The van der Waals surface area contributed by atoms with E-state index in [1.807, 2.05) is 11.4 Å². The molecule has 1 fully saturated rings. The Balaban J connectivity index is 1.53. The number of carbonyl (C=O) groups is 3. The van der Waals surface area contributed by atoms with Crippen LogP contribution in [0.1, 0.15) is 58.0 Å². The number of cyclic esters (lactones) is 1. The van der Waals surface area contributed by atoms with Gasteiger partial charge in [-0.1, -0.05) is 19.9 Å². The van der Waals surface area contributed by atoms with Gasteiger partial charge in [0.1, 0.15) is 17.7 Å². The third-order valence-electron chi connectivity index (χ3n) is 7.07. The number of esters is 1. The van der Waals surface area contributed by atoms with Crippen molar-refractivity contribution in [2.75, 3.05) is 13.2 Å². The number of H-pyrrole nitrogens is 1. The van der Waals surface area contributed by atoms with E-state index < -0.39 is 29.7 Å². The fraction of sp³-hybridized carbons (Fsp3) is 0.517. The Kier molecular flexibility index (Phi) is 8.37. The molecule has 0 aliphatic carbocycles. The minimum atomic E-state index is -0.940. The van der Waals surface area contributed by atoms with Crippen LogP contribution in [0.15, 0.2) is 23.6 Å². The summed E-state index contributed by atoms with van der Waals surface area (Å²) >= 11 is 3.77. The van der Waals surface area contributed by atoms with Gasteiger partial charge in [-0.25, -0.2) is 15.2 Å². The Morgan fingerprint density at radius 1 is 1.29 bits per heavy atom. The summed E-state index contributed by atoms with van der Waals surface area (Å²) in [4.78, 5) is 47.9. The molecule has 2 atom stereocenters. The summed E-state index contributed by atoms with van der Waals surface area (Å²) in [6, 6.07) is 4.62. The fourth-order valence-electron chi connectivity index (χ4n) is 5.11. The van der Waals surface area contributed by atoms with Gasteiger partial charge in [-0.15, -0.1) is 11.3 Å². The van der Waals surface area contributed by atoms with Crippen LogP contribution in [0.5, 0.6) is 0 Å². The quantitative estimate of drug-likeness (QED) is 0.243. The van der Waals surface area contributed by atoms with Gasteiger partial charge >= 0.3 is 12.1 Å². The molecule has 10 nitrogen and oxygen atoms in total. The van der Waals surface area contributed by atoms with Crippen molar-refractivity contribution in [2.45, 2.75) is 78.0 Å². The highest BCUT2D eigenvalue weighted by Crippen LogP contribution is 2.34. The number of hydrogen-bond acceptors (Lipinski definition) is 8. The molecule has 0 spiro atoms. The molecule has 0 saturated carbocycles. The van der Waals surface area contributed by atoms with E-state index in [0.717, 1.165) is 25.9 Å². The summed E-state index contributed by atoms with van der Waals surface area (Å²) in [6.07, 6.45) is 1.37. The predicted molar refractivity (Wildman–Crippen MR) is 165 cm³/mol. The topological polar surface area (TPSA) is 126 Å². The van der Waals surface area contributed by atoms with Gasteiger partial charge < -0.3 is 19.8 Å². The molecule has 2 aromatic heterocycles. The first-order valence-electron chi connectivity index (χ1n) is 13.8. The zero-order valence-corrected chi connectivity index (χ0v) is 26.9. The smallest absolute Gasteiger partial charge is 0.408 e. The largest absolute Gasteiger partial charge is 0.464 e. The summed E-state index contributed by atoms with van der Waals surface area (Å²) in [6.45, 7) is 10.1. The van der Waals surface area contributed by atoms with Crippen molar-refractivity contribution in [1.29, 1.82) is 0 Å². The number of amides is 2. The van der Waals surface area contributed by atoms with E-state index in [1.165, 1.54) is 21.9 Å². The average molecular weight is 694 g/mol. The van der Waals surface area contributed by atoms with Crippen LogP contribution in [0.4, 0.5) is 4.79 Å². The molecule has 2 aliphatic rings. The van der Waals surface area contributed by atoms with Gasteiger partial charge in [0.05, 0.1) is 21.0 Å². The highest BCUT2D eigenvalue weighted by molar-refractivity contribution is 14.1. The molecule has 41 heavy (non-hydrogen) atoms. The molecule has 2 amide bonds. The van der Waals surface area contributed by atoms with E-state index in [0.29, 0.717) is 30.8 Å². The molecule has 12 heteroatoms. The van der Waals surface area contributed by atoms with Crippen molar-refractivity contribution in [3.05, 3.63) is 37.9 Å². The van der Waals surface area contributed by atoms with E-state index in [2.05, 4.69) is 64.3 Å². The zero-order chi connectivity index (χ0) is 29.5. The second-order valence-corrected chi connectivity index (χ2v) is 14.5. The molecule has 6 bridgehead atoms. The standard InChI is InChI=1S/C29H36IN5O5S/c1-28(2,3)40-27(38)33-21-12-23-31-22(14-41-23)16-8-9-19-17(11-16)18(24(30)32-19)13-29(4,5)15-39-26(37)20-7-6-10-35(34-20)25(21)36/h8-9,11,14,20-21,32,34H,6-7,10,12-13,15H2,1-5H3,(H,33,38)/t20-,21-/m0/s1. The van der Waals surface area contributed by atoms with Crippen molar-refractivity contribution in [3.63, 3.8) is 0 Å². The summed E-state index contributed by atoms with van der Waals surface area (Å²) in [5, 5.41) is 7.94. The van der Waals surface area contributed by atoms with Crippen LogP contribution < -0.4 is 10.7 Å². The van der Waals surface area contributed by atoms with Crippen molar-refractivity contribution in [3.8, 4) is 11.3 Å². The van der Waals surface area contributed by atoms with Gasteiger partial charge in [0.15, 0.2) is 0 Å². The number of aromatic amines is 1. The van der Waals surface area contributed by atoms with Crippen molar-refractivity contribution in [2.24, 2.45) is 5.41 Å². The Labute approximate surface area is 257 Å². The maximum Gasteiger partial charge on any atom is 0.408 e. The molecule has 220 valence electrons. The van der Waals surface area contributed by atoms with Gasteiger partial charge in [-0.3, -0.25) is 14.6 Å². The lowest BCUT2D eigenvalue weighted by atomic mass is 9.86. The number of nitrogens with zero attached hydrogens (tertiary/aromatic N) is 2.